The van der Waals surface area contributed by atoms with E-state index in [0.29, 0.717) is 39.4 Å². The number of aryl methyl sites for hydroxylation is 1. The lowest BCUT2D eigenvalue weighted by atomic mass is 9.99. The summed E-state index contributed by atoms with van der Waals surface area (Å²) in [7, 11) is 0. The lowest BCUT2D eigenvalue weighted by molar-refractivity contribution is 0.0997. The smallest absolute Gasteiger partial charge is 0.257 e. The van der Waals surface area contributed by atoms with E-state index in [2.05, 4.69) is 20.5 Å². The van der Waals surface area contributed by atoms with Crippen LogP contribution < -0.4 is 10.1 Å². The molecular weight excluding hydrogens is 432 g/mol. The van der Waals surface area contributed by atoms with Gasteiger partial charge in [0.25, 0.3) is 5.91 Å². The third-order valence-electron chi connectivity index (χ3n) is 4.51. The van der Waals surface area contributed by atoms with Crippen LogP contribution in [0.15, 0.2) is 51.8 Å². The molecule has 1 aliphatic rings. The van der Waals surface area contributed by atoms with E-state index in [9.17, 15) is 9.59 Å². The van der Waals surface area contributed by atoms with Crippen molar-refractivity contribution in [1.29, 1.82) is 0 Å². The number of rotatable bonds is 7. The number of ether oxygens (including phenoxy) is 1. The molecule has 0 saturated heterocycles. The number of nitrogens with zero attached hydrogens (tertiary/aromatic N) is 3. The highest BCUT2D eigenvalue weighted by Crippen LogP contribution is 2.30. The third-order valence-corrected chi connectivity index (χ3v) is 6.56. The van der Waals surface area contributed by atoms with Gasteiger partial charge in [0, 0.05) is 22.6 Å². The molecule has 7 nitrogen and oxygen atoms in total. The number of thioether (sulfide) groups is 1. The van der Waals surface area contributed by atoms with E-state index < -0.39 is 0 Å². The Labute approximate surface area is 188 Å². The average Bonchev–Trinajstić information content (AvgIpc) is 3.21. The summed E-state index contributed by atoms with van der Waals surface area (Å²) >= 11 is 2.74. The first-order chi connectivity index (χ1) is 15.0. The number of amides is 1. The van der Waals surface area contributed by atoms with Crippen molar-refractivity contribution >= 4 is 51.3 Å². The first-order valence-corrected chi connectivity index (χ1v) is 11.5. The fourth-order valence-corrected chi connectivity index (χ4v) is 4.72. The second kappa shape index (κ2) is 9.40. The Bertz CT molecular complexity index is 1160. The van der Waals surface area contributed by atoms with Gasteiger partial charge < -0.3 is 4.74 Å². The SMILES string of the molecule is CCOc1ccc(C(=O)Nc2nnc(SCC3=Nc4ccc(C)cc4C(=O)C3)s2)cc1. The lowest BCUT2D eigenvalue weighted by Gasteiger charge is -2.14. The number of carbonyl (C=O) groups is 2. The van der Waals surface area contributed by atoms with Crippen LogP contribution in [0.2, 0.25) is 0 Å². The van der Waals surface area contributed by atoms with E-state index in [0.717, 1.165) is 22.7 Å². The van der Waals surface area contributed by atoms with Crippen molar-refractivity contribution in [3.05, 3.63) is 59.2 Å². The highest BCUT2D eigenvalue weighted by atomic mass is 32.2. The topological polar surface area (TPSA) is 93.5 Å². The summed E-state index contributed by atoms with van der Waals surface area (Å²) in [6.45, 7) is 4.44. The molecule has 1 aromatic heterocycles. The van der Waals surface area contributed by atoms with Gasteiger partial charge in [-0.25, -0.2) is 0 Å². The molecule has 1 N–H and O–H groups in total. The quantitative estimate of drug-likeness (QED) is 0.403. The highest BCUT2D eigenvalue weighted by molar-refractivity contribution is 8.01. The largest absolute Gasteiger partial charge is 0.494 e. The van der Waals surface area contributed by atoms with Gasteiger partial charge in [0.1, 0.15) is 5.75 Å². The Morgan fingerprint density at radius 3 is 2.77 bits per heavy atom. The molecule has 0 saturated carbocycles. The Balaban J connectivity index is 1.35. The van der Waals surface area contributed by atoms with Crippen LogP contribution in [-0.2, 0) is 0 Å². The van der Waals surface area contributed by atoms with Gasteiger partial charge in [-0.3, -0.25) is 19.9 Å². The van der Waals surface area contributed by atoms with Crippen molar-refractivity contribution in [3.63, 3.8) is 0 Å². The molecule has 0 atom stereocenters. The summed E-state index contributed by atoms with van der Waals surface area (Å²) in [6, 6.07) is 12.6. The minimum absolute atomic E-state index is 0.0878. The molecule has 1 aliphatic heterocycles. The first-order valence-electron chi connectivity index (χ1n) is 9.72. The van der Waals surface area contributed by atoms with Gasteiger partial charge in [-0.05, 0) is 50.2 Å². The molecule has 3 aromatic rings. The van der Waals surface area contributed by atoms with Gasteiger partial charge >= 0.3 is 0 Å². The number of hydrogen-bond donors (Lipinski definition) is 1. The number of ketones is 1. The summed E-state index contributed by atoms with van der Waals surface area (Å²) in [5, 5.41) is 11.3. The van der Waals surface area contributed by atoms with Crippen LogP contribution in [0.1, 0.15) is 39.6 Å². The Hall–Kier alpha value is -3.04. The Morgan fingerprint density at radius 1 is 1.19 bits per heavy atom. The Morgan fingerprint density at radius 2 is 2.00 bits per heavy atom. The number of benzene rings is 2. The number of aromatic nitrogens is 2. The van der Waals surface area contributed by atoms with Crippen molar-refractivity contribution in [1.82, 2.24) is 10.2 Å². The van der Waals surface area contributed by atoms with E-state index in [1.807, 2.05) is 32.0 Å². The molecule has 9 heteroatoms. The Kier molecular flexibility index (Phi) is 6.43. The molecular formula is C22H20N4O3S2. The maximum Gasteiger partial charge on any atom is 0.257 e. The fourth-order valence-electron chi connectivity index (χ4n) is 3.05. The second-order valence-electron chi connectivity index (χ2n) is 6.87. The first kappa shape index (κ1) is 21.2. The maximum absolute atomic E-state index is 12.4. The molecule has 0 spiro atoms. The second-order valence-corrected chi connectivity index (χ2v) is 9.07. The molecule has 0 aliphatic carbocycles. The molecule has 0 fully saturated rings. The minimum atomic E-state index is -0.259. The van der Waals surface area contributed by atoms with Crippen molar-refractivity contribution in [2.75, 3.05) is 17.7 Å². The molecule has 158 valence electrons. The van der Waals surface area contributed by atoms with Crippen LogP contribution in [0.5, 0.6) is 5.75 Å². The highest BCUT2D eigenvalue weighted by Gasteiger charge is 2.20. The minimum Gasteiger partial charge on any atom is -0.494 e. The number of aliphatic imine (C=N–C) groups is 1. The van der Waals surface area contributed by atoms with Gasteiger partial charge in [0.15, 0.2) is 10.1 Å². The lowest BCUT2D eigenvalue weighted by Crippen LogP contribution is -2.15. The average molecular weight is 453 g/mol. The number of nitrogens with one attached hydrogen (secondary N) is 1. The number of Topliss-reactive ketones (excluding diaryl/α,β-unsaturated/α-hetero) is 1. The van der Waals surface area contributed by atoms with Crippen molar-refractivity contribution in [3.8, 4) is 5.75 Å². The fraction of sp³-hybridized carbons (Fsp3) is 0.227. The zero-order valence-corrected chi connectivity index (χ0v) is 18.7. The van der Waals surface area contributed by atoms with Crippen molar-refractivity contribution < 1.29 is 14.3 Å². The molecule has 2 aromatic carbocycles. The van der Waals surface area contributed by atoms with Gasteiger partial charge in [-0.1, -0.05) is 34.7 Å². The monoisotopic (exact) mass is 452 g/mol. The summed E-state index contributed by atoms with van der Waals surface area (Å²) in [4.78, 5) is 29.4. The van der Waals surface area contributed by atoms with E-state index in [1.54, 1.807) is 24.3 Å². The molecule has 4 rings (SSSR count). The normalized spacial score (nSPS) is 12.8. The van der Waals surface area contributed by atoms with Crippen LogP contribution >= 0.6 is 23.1 Å². The van der Waals surface area contributed by atoms with Crippen LogP contribution in [0.25, 0.3) is 0 Å². The summed E-state index contributed by atoms with van der Waals surface area (Å²) in [5.74, 6) is 1.09. The van der Waals surface area contributed by atoms with Crippen molar-refractivity contribution in [2.45, 2.75) is 24.6 Å². The standard InChI is InChI=1S/C22H20N4O3S2/c1-3-29-16-7-5-14(6-8-16)20(28)24-21-25-26-22(31-21)30-12-15-11-19(27)17-10-13(2)4-9-18(17)23-15/h4-10H,3,11-12H2,1-2H3,(H,24,25,28). The molecule has 2 heterocycles. The molecule has 1 amide bonds. The van der Waals surface area contributed by atoms with Crippen LogP contribution in [-0.4, -0.2) is 40.0 Å². The van der Waals surface area contributed by atoms with Crippen molar-refractivity contribution in [2.24, 2.45) is 4.99 Å². The molecule has 0 unspecified atom stereocenters. The maximum atomic E-state index is 12.4. The molecule has 0 bridgehead atoms. The number of fused-ring (bicyclic) bond motifs is 1. The van der Waals surface area contributed by atoms with Gasteiger partial charge in [-0.2, -0.15) is 0 Å². The van der Waals surface area contributed by atoms with E-state index >= 15 is 0 Å². The third kappa shape index (κ3) is 5.18. The van der Waals surface area contributed by atoms with E-state index in [1.165, 1.54) is 23.1 Å². The van der Waals surface area contributed by atoms with Crippen LogP contribution in [0, 0.1) is 6.92 Å². The summed E-state index contributed by atoms with van der Waals surface area (Å²) in [6.07, 6.45) is 0.309. The summed E-state index contributed by atoms with van der Waals surface area (Å²) < 4.78 is 6.09. The zero-order valence-electron chi connectivity index (χ0n) is 17.0. The predicted molar refractivity (Wildman–Crippen MR) is 123 cm³/mol. The molecule has 31 heavy (non-hydrogen) atoms. The van der Waals surface area contributed by atoms with Crippen LogP contribution in [0.4, 0.5) is 10.8 Å². The number of anilines is 1. The van der Waals surface area contributed by atoms with E-state index in [4.69, 9.17) is 4.74 Å². The predicted octanol–water partition coefficient (Wildman–Crippen LogP) is 4.95. The van der Waals surface area contributed by atoms with Gasteiger partial charge in [0.2, 0.25) is 5.13 Å². The number of carbonyl (C=O) groups excluding carboxylic acids is 2. The number of hydrogen-bond acceptors (Lipinski definition) is 8. The molecule has 0 radical (unpaired) electrons. The van der Waals surface area contributed by atoms with Crippen LogP contribution in [0.3, 0.4) is 0 Å². The zero-order chi connectivity index (χ0) is 21.8. The van der Waals surface area contributed by atoms with Gasteiger partial charge in [-0.15, -0.1) is 10.2 Å². The van der Waals surface area contributed by atoms with E-state index in [-0.39, 0.29) is 11.7 Å². The summed E-state index contributed by atoms with van der Waals surface area (Å²) in [5.41, 5.74) is 3.77. The van der Waals surface area contributed by atoms with Gasteiger partial charge in [0.05, 0.1) is 18.7 Å².